The molecule has 6 nitrogen and oxygen atoms in total. The van der Waals surface area contributed by atoms with Crippen LogP contribution in [-0.2, 0) is 4.74 Å². The molecule has 0 aliphatic heterocycles. The first-order valence-electron chi connectivity index (χ1n) is 8.03. The summed E-state index contributed by atoms with van der Waals surface area (Å²) in [4.78, 5) is 20.3. The van der Waals surface area contributed by atoms with Gasteiger partial charge >= 0.3 is 6.09 Å². The number of hydrogen-bond donors (Lipinski definition) is 2. The van der Waals surface area contributed by atoms with Gasteiger partial charge in [-0.1, -0.05) is 28.1 Å². The number of nitrogens with two attached hydrogens (primary N) is 1. The van der Waals surface area contributed by atoms with Crippen LogP contribution in [0.5, 0.6) is 0 Å². The number of rotatable bonds is 2. The zero-order valence-corrected chi connectivity index (χ0v) is 16.3. The van der Waals surface area contributed by atoms with Gasteiger partial charge in [-0.2, -0.15) is 0 Å². The van der Waals surface area contributed by atoms with Gasteiger partial charge in [0.15, 0.2) is 0 Å². The number of carbonyl (C=O) groups is 1. The van der Waals surface area contributed by atoms with E-state index in [1.807, 2.05) is 57.2 Å². The molecule has 134 valence electrons. The molecule has 0 saturated carbocycles. The minimum absolute atomic E-state index is 0.424. The van der Waals surface area contributed by atoms with Crippen LogP contribution in [-0.4, -0.2) is 21.7 Å². The lowest BCUT2D eigenvalue weighted by atomic mass is 10.0. The Morgan fingerprint density at radius 2 is 1.85 bits per heavy atom. The lowest BCUT2D eigenvalue weighted by Crippen LogP contribution is -2.27. The van der Waals surface area contributed by atoms with Gasteiger partial charge in [0.1, 0.15) is 17.7 Å². The van der Waals surface area contributed by atoms with Crippen molar-refractivity contribution in [1.82, 2.24) is 9.97 Å². The maximum atomic E-state index is 11.9. The SMILES string of the molecule is CC(C)(C)OC(=O)Nc1ccc(-c2cc(Br)cc3ncnc(N)c23)cc1. The first kappa shape index (κ1) is 18.1. The predicted octanol–water partition coefficient (Wildman–Crippen LogP) is 4.99. The molecule has 3 rings (SSSR count). The Hall–Kier alpha value is -2.67. The number of hydrogen-bond acceptors (Lipinski definition) is 5. The second-order valence-corrected chi connectivity index (χ2v) is 7.73. The second kappa shape index (κ2) is 6.92. The van der Waals surface area contributed by atoms with E-state index < -0.39 is 11.7 Å². The third-order valence-corrected chi connectivity index (χ3v) is 4.03. The Kier molecular flexibility index (Phi) is 4.82. The lowest BCUT2D eigenvalue weighted by Gasteiger charge is -2.19. The van der Waals surface area contributed by atoms with Crippen LogP contribution in [0.2, 0.25) is 0 Å². The molecule has 7 heteroatoms. The number of halogens is 1. The molecule has 0 spiro atoms. The topological polar surface area (TPSA) is 90.1 Å². The van der Waals surface area contributed by atoms with Crippen LogP contribution >= 0.6 is 15.9 Å². The molecule has 26 heavy (non-hydrogen) atoms. The minimum Gasteiger partial charge on any atom is -0.444 e. The fraction of sp³-hybridized carbons (Fsp3) is 0.211. The molecule has 3 aromatic rings. The van der Waals surface area contributed by atoms with Crippen molar-refractivity contribution in [1.29, 1.82) is 0 Å². The van der Waals surface area contributed by atoms with Crippen LogP contribution in [0.15, 0.2) is 47.2 Å². The van der Waals surface area contributed by atoms with Crippen LogP contribution in [0.25, 0.3) is 22.0 Å². The Morgan fingerprint density at radius 1 is 1.15 bits per heavy atom. The highest BCUT2D eigenvalue weighted by Crippen LogP contribution is 2.34. The number of ether oxygens (including phenoxy) is 1. The quantitative estimate of drug-likeness (QED) is 0.616. The van der Waals surface area contributed by atoms with Gasteiger partial charge in [0.2, 0.25) is 0 Å². The first-order chi connectivity index (χ1) is 12.2. The average Bonchev–Trinajstić information content (AvgIpc) is 2.53. The largest absolute Gasteiger partial charge is 0.444 e. The van der Waals surface area contributed by atoms with Crippen LogP contribution in [0.3, 0.4) is 0 Å². The molecule has 3 N–H and O–H groups in total. The highest BCUT2D eigenvalue weighted by molar-refractivity contribution is 9.10. The van der Waals surface area contributed by atoms with Gasteiger partial charge in [0.25, 0.3) is 0 Å². The maximum absolute atomic E-state index is 11.9. The Labute approximate surface area is 159 Å². The molecule has 2 aromatic carbocycles. The van der Waals surface area contributed by atoms with Crippen molar-refractivity contribution in [3.05, 3.63) is 47.2 Å². The van der Waals surface area contributed by atoms with E-state index in [-0.39, 0.29) is 0 Å². The zero-order valence-electron chi connectivity index (χ0n) is 14.7. The van der Waals surface area contributed by atoms with E-state index in [9.17, 15) is 4.79 Å². The second-order valence-electron chi connectivity index (χ2n) is 6.81. The molecule has 0 fully saturated rings. The lowest BCUT2D eigenvalue weighted by molar-refractivity contribution is 0.0636. The molecular weight excluding hydrogens is 396 g/mol. The standard InChI is InChI=1S/C19H19BrN4O2/c1-19(2,3)26-18(25)24-13-6-4-11(5-7-13)14-8-12(20)9-15-16(14)17(21)23-10-22-15/h4-10H,1-3H3,(H,24,25)(H2,21,22,23). The smallest absolute Gasteiger partial charge is 0.412 e. The van der Waals surface area contributed by atoms with Crippen LogP contribution in [0, 0.1) is 0 Å². The maximum Gasteiger partial charge on any atom is 0.412 e. The molecule has 0 bridgehead atoms. The van der Waals surface area contributed by atoms with Gasteiger partial charge in [-0.25, -0.2) is 14.8 Å². The molecule has 0 saturated heterocycles. The summed E-state index contributed by atoms with van der Waals surface area (Å²) in [5.74, 6) is 0.424. The van der Waals surface area contributed by atoms with Gasteiger partial charge in [0, 0.05) is 10.2 Å². The number of aromatic nitrogens is 2. The van der Waals surface area contributed by atoms with E-state index in [1.165, 1.54) is 6.33 Å². The summed E-state index contributed by atoms with van der Waals surface area (Å²) in [6, 6.07) is 11.3. The van der Waals surface area contributed by atoms with Crippen LogP contribution < -0.4 is 11.1 Å². The Morgan fingerprint density at radius 3 is 2.50 bits per heavy atom. The summed E-state index contributed by atoms with van der Waals surface area (Å²) < 4.78 is 6.15. The van der Waals surface area contributed by atoms with Crippen molar-refractivity contribution in [3.8, 4) is 11.1 Å². The van der Waals surface area contributed by atoms with Crippen molar-refractivity contribution < 1.29 is 9.53 Å². The molecule has 0 atom stereocenters. The number of carbonyl (C=O) groups excluding carboxylic acids is 1. The Bertz CT molecular complexity index is 966. The van der Waals surface area contributed by atoms with Crippen LogP contribution in [0.4, 0.5) is 16.3 Å². The summed E-state index contributed by atoms with van der Waals surface area (Å²) in [6.45, 7) is 5.46. The first-order valence-corrected chi connectivity index (χ1v) is 8.82. The molecule has 0 aliphatic carbocycles. The molecule has 0 unspecified atom stereocenters. The van der Waals surface area contributed by atoms with E-state index in [0.29, 0.717) is 11.5 Å². The fourth-order valence-electron chi connectivity index (χ4n) is 2.56. The normalized spacial score (nSPS) is 11.4. The summed E-state index contributed by atoms with van der Waals surface area (Å²) in [5, 5.41) is 3.51. The van der Waals surface area contributed by atoms with Gasteiger partial charge in [0.05, 0.1) is 10.9 Å². The molecule has 1 heterocycles. The predicted molar refractivity (Wildman–Crippen MR) is 107 cm³/mol. The number of fused-ring (bicyclic) bond motifs is 1. The molecule has 0 aliphatic rings. The Balaban J connectivity index is 1.92. The highest BCUT2D eigenvalue weighted by atomic mass is 79.9. The fourth-order valence-corrected chi connectivity index (χ4v) is 3.01. The molecule has 0 radical (unpaired) electrons. The number of benzene rings is 2. The summed E-state index contributed by atoms with van der Waals surface area (Å²) in [6.07, 6.45) is 0.956. The number of nitrogens with one attached hydrogen (secondary N) is 1. The van der Waals surface area contributed by atoms with Crippen molar-refractivity contribution in [2.45, 2.75) is 26.4 Å². The molecule has 1 amide bonds. The van der Waals surface area contributed by atoms with E-state index in [0.717, 1.165) is 26.5 Å². The molecule has 1 aromatic heterocycles. The number of nitrogen functional groups attached to an aromatic ring is 1. The van der Waals surface area contributed by atoms with Crippen molar-refractivity contribution >= 4 is 44.4 Å². The average molecular weight is 415 g/mol. The van der Waals surface area contributed by atoms with Gasteiger partial charge in [-0.15, -0.1) is 0 Å². The van der Waals surface area contributed by atoms with E-state index in [4.69, 9.17) is 10.5 Å². The molecular formula is C19H19BrN4O2. The number of amides is 1. The van der Waals surface area contributed by atoms with Crippen molar-refractivity contribution in [2.75, 3.05) is 11.1 Å². The highest BCUT2D eigenvalue weighted by Gasteiger charge is 2.16. The summed E-state index contributed by atoms with van der Waals surface area (Å²) in [5.41, 5.74) is 8.77. The van der Waals surface area contributed by atoms with E-state index in [1.54, 1.807) is 0 Å². The number of nitrogens with zero attached hydrogens (tertiary/aromatic N) is 2. The van der Waals surface area contributed by atoms with Gasteiger partial charge in [-0.3, -0.25) is 5.32 Å². The van der Waals surface area contributed by atoms with E-state index in [2.05, 4.69) is 31.2 Å². The number of anilines is 2. The van der Waals surface area contributed by atoms with Gasteiger partial charge in [-0.05, 0) is 56.2 Å². The van der Waals surface area contributed by atoms with Crippen molar-refractivity contribution in [2.24, 2.45) is 0 Å². The minimum atomic E-state index is -0.545. The van der Waals surface area contributed by atoms with E-state index >= 15 is 0 Å². The van der Waals surface area contributed by atoms with Gasteiger partial charge < -0.3 is 10.5 Å². The summed E-state index contributed by atoms with van der Waals surface area (Å²) in [7, 11) is 0. The summed E-state index contributed by atoms with van der Waals surface area (Å²) >= 11 is 3.51. The third kappa shape index (κ3) is 4.11. The van der Waals surface area contributed by atoms with Crippen molar-refractivity contribution in [3.63, 3.8) is 0 Å². The monoisotopic (exact) mass is 414 g/mol. The third-order valence-electron chi connectivity index (χ3n) is 3.57. The zero-order chi connectivity index (χ0) is 18.9. The van der Waals surface area contributed by atoms with Crippen LogP contribution in [0.1, 0.15) is 20.8 Å².